The van der Waals surface area contributed by atoms with Crippen molar-refractivity contribution in [2.75, 3.05) is 19.8 Å². The first-order chi connectivity index (χ1) is 9.09. The largest absolute Gasteiger partial charge is 0.386 e. The Hall–Kier alpha value is -1.72. The van der Waals surface area contributed by atoms with Crippen LogP contribution >= 0.6 is 0 Å². The lowest BCUT2D eigenvalue weighted by molar-refractivity contribution is -0.131. The zero-order valence-corrected chi connectivity index (χ0v) is 10.5. The Morgan fingerprint density at radius 1 is 1.32 bits per heavy atom. The predicted molar refractivity (Wildman–Crippen MR) is 66.6 cm³/mol. The summed E-state index contributed by atoms with van der Waals surface area (Å²) in [7, 11) is 0. The van der Waals surface area contributed by atoms with Crippen LogP contribution in [0.4, 0.5) is 0 Å². The van der Waals surface area contributed by atoms with Crippen LogP contribution in [0.3, 0.4) is 0 Å². The molecule has 2 aliphatic rings. The first-order valence-electron chi connectivity index (χ1n) is 6.32. The molecule has 2 aliphatic heterocycles. The number of hydrogen-bond acceptors (Lipinski definition) is 4. The summed E-state index contributed by atoms with van der Waals surface area (Å²) in [6.07, 6.45) is 0.657. The molecular formula is C14H15NO4. The summed E-state index contributed by atoms with van der Waals surface area (Å²) in [5.74, 6) is -0.587. The highest BCUT2D eigenvalue weighted by Crippen LogP contribution is 2.25. The minimum atomic E-state index is -1.10. The van der Waals surface area contributed by atoms with E-state index in [0.717, 1.165) is 10.5 Å². The maximum absolute atomic E-state index is 12.3. The number of rotatable bonds is 2. The van der Waals surface area contributed by atoms with Crippen LogP contribution in [0.15, 0.2) is 24.3 Å². The van der Waals surface area contributed by atoms with Crippen LogP contribution in [0.5, 0.6) is 0 Å². The van der Waals surface area contributed by atoms with Gasteiger partial charge in [0.25, 0.3) is 5.91 Å². The van der Waals surface area contributed by atoms with E-state index in [4.69, 9.17) is 4.74 Å². The average Bonchev–Trinajstić information content (AvgIpc) is 2.82. The van der Waals surface area contributed by atoms with Crippen molar-refractivity contribution in [3.05, 3.63) is 35.4 Å². The highest BCUT2D eigenvalue weighted by atomic mass is 16.5. The quantitative estimate of drug-likeness (QED) is 0.781. The van der Waals surface area contributed by atoms with Crippen LogP contribution in [0.2, 0.25) is 0 Å². The summed E-state index contributed by atoms with van der Waals surface area (Å²) in [5.41, 5.74) is 0.199. The van der Waals surface area contributed by atoms with Gasteiger partial charge in [-0.3, -0.25) is 14.5 Å². The standard InChI is InChI=1S/C14H15NO4/c16-12-7-10-3-1-2-4-11(10)13(17)15(12)8-14(18)5-6-19-9-14/h1-4,18H,5-9H2. The molecule has 1 N–H and O–H groups in total. The molecule has 100 valence electrons. The molecule has 5 heteroatoms. The zero-order chi connectivity index (χ0) is 13.5. The number of fused-ring (bicyclic) bond motifs is 1. The average molecular weight is 261 g/mol. The van der Waals surface area contributed by atoms with E-state index in [2.05, 4.69) is 0 Å². The van der Waals surface area contributed by atoms with Crippen molar-refractivity contribution in [1.29, 1.82) is 0 Å². The Labute approximate surface area is 110 Å². The SMILES string of the molecule is O=C1Cc2ccccc2C(=O)N1CC1(O)CCOC1. The smallest absolute Gasteiger partial charge is 0.260 e. The lowest BCUT2D eigenvalue weighted by atomic mass is 9.96. The number of carbonyl (C=O) groups excluding carboxylic acids is 2. The molecule has 1 aromatic carbocycles. The topological polar surface area (TPSA) is 66.8 Å². The van der Waals surface area contributed by atoms with Gasteiger partial charge in [-0.25, -0.2) is 0 Å². The van der Waals surface area contributed by atoms with Crippen molar-refractivity contribution < 1.29 is 19.4 Å². The molecule has 1 saturated heterocycles. The molecule has 0 radical (unpaired) electrons. The van der Waals surface area contributed by atoms with E-state index in [0.29, 0.717) is 18.6 Å². The van der Waals surface area contributed by atoms with Crippen molar-refractivity contribution >= 4 is 11.8 Å². The number of nitrogens with zero attached hydrogens (tertiary/aromatic N) is 1. The summed E-state index contributed by atoms with van der Waals surface area (Å²) in [6.45, 7) is 0.647. The third kappa shape index (κ3) is 2.15. The molecule has 2 amide bonds. The Balaban J connectivity index is 1.87. The molecular weight excluding hydrogens is 246 g/mol. The molecule has 3 rings (SSSR count). The molecule has 2 heterocycles. The fourth-order valence-corrected chi connectivity index (χ4v) is 2.58. The van der Waals surface area contributed by atoms with Crippen molar-refractivity contribution in [3.8, 4) is 0 Å². The molecule has 1 fully saturated rings. The maximum atomic E-state index is 12.3. The van der Waals surface area contributed by atoms with E-state index in [-0.39, 0.29) is 31.4 Å². The Kier molecular flexibility index (Phi) is 2.88. The van der Waals surface area contributed by atoms with Crippen LogP contribution < -0.4 is 0 Å². The van der Waals surface area contributed by atoms with Crippen LogP contribution in [0.25, 0.3) is 0 Å². The summed E-state index contributed by atoms with van der Waals surface area (Å²) in [6, 6.07) is 7.09. The van der Waals surface area contributed by atoms with Gasteiger partial charge in [-0.05, 0) is 11.6 Å². The Morgan fingerprint density at radius 2 is 2.11 bits per heavy atom. The molecule has 19 heavy (non-hydrogen) atoms. The van der Waals surface area contributed by atoms with Crippen LogP contribution in [-0.2, 0) is 16.0 Å². The highest BCUT2D eigenvalue weighted by molar-refractivity contribution is 6.09. The first kappa shape index (κ1) is 12.3. The van der Waals surface area contributed by atoms with E-state index in [1.165, 1.54) is 0 Å². The van der Waals surface area contributed by atoms with E-state index in [9.17, 15) is 14.7 Å². The normalized spacial score (nSPS) is 26.7. The molecule has 0 aromatic heterocycles. The fraction of sp³-hybridized carbons (Fsp3) is 0.429. The third-order valence-corrected chi connectivity index (χ3v) is 3.67. The fourth-order valence-electron chi connectivity index (χ4n) is 2.58. The predicted octanol–water partition coefficient (Wildman–Crippen LogP) is 0.363. The number of imide groups is 1. The van der Waals surface area contributed by atoms with Gasteiger partial charge in [-0.2, -0.15) is 0 Å². The molecule has 1 aromatic rings. The molecule has 0 spiro atoms. The van der Waals surface area contributed by atoms with Gasteiger partial charge in [0.1, 0.15) is 5.60 Å². The summed E-state index contributed by atoms with van der Waals surface area (Å²) < 4.78 is 5.14. The van der Waals surface area contributed by atoms with Crippen LogP contribution in [0.1, 0.15) is 22.3 Å². The minimum Gasteiger partial charge on any atom is -0.386 e. The van der Waals surface area contributed by atoms with Crippen LogP contribution in [-0.4, -0.2) is 47.2 Å². The van der Waals surface area contributed by atoms with Gasteiger partial charge < -0.3 is 9.84 Å². The van der Waals surface area contributed by atoms with Crippen molar-refractivity contribution in [3.63, 3.8) is 0 Å². The molecule has 1 atom stereocenters. The second-order valence-electron chi connectivity index (χ2n) is 5.15. The lowest BCUT2D eigenvalue weighted by Gasteiger charge is -2.32. The van der Waals surface area contributed by atoms with Crippen LogP contribution in [0, 0.1) is 0 Å². The summed E-state index contributed by atoms with van der Waals surface area (Å²) in [4.78, 5) is 25.5. The van der Waals surface area contributed by atoms with Gasteiger partial charge >= 0.3 is 0 Å². The summed E-state index contributed by atoms with van der Waals surface area (Å²) >= 11 is 0. The number of benzene rings is 1. The third-order valence-electron chi connectivity index (χ3n) is 3.67. The van der Waals surface area contributed by atoms with Crippen molar-refractivity contribution in [1.82, 2.24) is 4.90 Å². The van der Waals surface area contributed by atoms with Gasteiger partial charge in [-0.15, -0.1) is 0 Å². The molecule has 1 unspecified atom stereocenters. The Morgan fingerprint density at radius 3 is 2.84 bits per heavy atom. The second kappa shape index (κ2) is 4.43. The second-order valence-corrected chi connectivity index (χ2v) is 5.15. The highest BCUT2D eigenvalue weighted by Gasteiger charge is 2.40. The van der Waals surface area contributed by atoms with Gasteiger partial charge in [0, 0.05) is 18.6 Å². The zero-order valence-electron chi connectivity index (χ0n) is 10.5. The maximum Gasteiger partial charge on any atom is 0.260 e. The molecule has 0 aliphatic carbocycles. The lowest BCUT2D eigenvalue weighted by Crippen LogP contribution is -2.51. The number of β-amino-alcohol motifs (C(OH)–C–C–N with tert-alkyl or cyclic N) is 1. The van der Waals surface area contributed by atoms with Gasteiger partial charge in [0.05, 0.1) is 19.6 Å². The van der Waals surface area contributed by atoms with E-state index < -0.39 is 5.60 Å². The van der Waals surface area contributed by atoms with E-state index in [1.807, 2.05) is 6.07 Å². The Bertz CT molecular complexity index is 534. The number of amides is 2. The van der Waals surface area contributed by atoms with Gasteiger partial charge in [-0.1, -0.05) is 18.2 Å². The van der Waals surface area contributed by atoms with Crippen molar-refractivity contribution in [2.24, 2.45) is 0 Å². The molecule has 5 nitrogen and oxygen atoms in total. The number of carbonyl (C=O) groups is 2. The number of aliphatic hydroxyl groups is 1. The molecule has 0 saturated carbocycles. The van der Waals surface area contributed by atoms with Gasteiger partial charge in [0.15, 0.2) is 0 Å². The molecule has 0 bridgehead atoms. The first-order valence-corrected chi connectivity index (χ1v) is 6.32. The van der Waals surface area contributed by atoms with Crippen molar-refractivity contribution in [2.45, 2.75) is 18.4 Å². The number of hydrogen-bond donors (Lipinski definition) is 1. The minimum absolute atomic E-state index is 0.0129. The van der Waals surface area contributed by atoms with Gasteiger partial charge in [0.2, 0.25) is 5.91 Å². The van der Waals surface area contributed by atoms with E-state index >= 15 is 0 Å². The summed E-state index contributed by atoms with van der Waals surface area (Å²) in [5, 5.41) is 10.3. The van der Waals surface area contributed by atoms with E-state index in [1.54, 1.807) is 18.2 Å². The number of ether oxygens (including phenoxy) is 1. The monoisotopic (exact) mass is 261 g/mol.